The van der Waals surface area contributed by atoms with Crippen LogP contribution < -0.4 is 20.9 Å². The van der Waals surface area contributed by atoms with Crippen LogP contribution in [0.3, 0.4) is 0 Å². The van der Waals surface area contributed by atoms with Gasteiger partial charge in [-0.3, -0.25) is 0 Å². The molecule has 0 aliphatic carbocycles. The summed E-state index contributed by atoms with van der Waals surface area (Å²) in [5.41, 5.74) is 16.3. The van der Waals surface area contributed by atoms with Crippen LogP contribution in [0.25, 0.3) is 22.4 Å². The Morgan fingerprint density at radius 3 is 1.97 bits per heavy atom. The van der Waals surface area contributed by atoms with E-state index in [4.69, 9.17) is 5.73 Å². The average Bonchev–Trinajstić information content (AvgIpc) is 3.21. The first-order valence-corrected chi connectivity index (χ1v) is 13.4. The molecule has 0 unspecified atom stereocenters. The first kappa shape index (κ1) is 25.7. The fraction of sp³-hybridized carbons (Fsp3) is 0.312. The number of rotatable bonds is 6. The van der Waals surface area contributed by atoms with Crippen LogP contribution >= 0.6 is 0 Å². The van der Waals surface area contributed by atoms with Gasteiger partial charge in [-0.1, -0.05) is 29.8 Å². The molecule has 2 heterocycles. The summed E-state index contributed by atoms with van der Waals surface area (Å²) in [7, 11) is 1.95. The number of hydrogen-bond acceptors (Lipinski definition) is 4. The Labute approximate surface area is 225 Å². The number of anilines is 4. The van der Waals surface area contributed by atoms with Crippen molar-refractivity contribution in [2.24, 2.45) is 0 Å². The third-order valence-corrected chi connectivity index (χ3v) is 7.62. The Bertz CT molecular complexity index is 1410. The molecule has 5 nitrogen and oxygen atoms in total. The molecule has 1 saturated heterocycles. The maximum absolute atomic E-state index is 15.3. The lowest BCUT2D eigenvalue weighted by molar-refractivity contribution is 0.596. The van der Waals surface area contributed by atoms with E-state index in [0.717, 1.165) is 71.3 Å². The van der Waals surface area contributed by atoms with E-state index in [-0.39, 0.29) is 11.9 Å². The van der Waals surface area contributed by atoms with Crippen molar-refractivity contribution in [2.75, 3.05) is 54.1 Å². The lowest BCUT2D eigenvalue weighted by Crippen LogP contribution is -2.46. The van der Waals surface area contributed by atoms with Gasteiger partial charge in [-0.15, -0.1) is 0 Å². The Balaban J connectivity index is 1.54. The number of nitrogens with zero attached hydrogens (tertiary/aromatic N) is 3. The molecule has 0 atom stereocenters. The van der Waals surface area contributed by atoms with E-state index >= 15 is 4.39 Å². The third kappa shape index (κ3) is 4.83. The number of nitrogens with two attached hydrogens (primary N) is 1. The second-order valence-electron chi connectivity index (χ2n) is 10.5. The summed E-state index contributed by atoms with van der Waals surface area (Å²) in [6.07, 6.45) is 0. The molecule has 3 aromatic carbocycles. The molecule has 0 bridgehead atoms. The normalized spacial score (nSPS) is 13.9. The number of hydrogen-bond donors (Lipinski definition) is 2. The molecular weight excluding hydrogens is 473 g/mol. The lowest BCUT2D eigenvalue weighted by Gasteiger charge is -2.37. The summed E-state index contributed by atoms with van der Waals surface area (Å²) in [5, 5.41) is 3.43. The van der Waals surface area contributed by atoms with Crippen molar-refractivity contribution < 1.29 is 4.39 Å². The minimum absolute atomic E-state index is 0.217. The highest BCUT2D eigenvalue weighted by atomic mass is 19.1. The van der Waals surface area contributed by atoms with Gasteiger partial charge in [0, 0.05) is 67.6 Å². The van der Waals surface area contributed by atoms with Gasteiger partial charge in [-0.05, 0) is 81.3 Å². The van der Waals surface area contributed by atoms with Gasteiger partial charge in [0.25, 0.3) is 0 Å². The number of piperazine rings is 1. The Hall–Kier alpha value is -3.93. The lowest BCUT2D eigenvalue weighted by atomic mass is 9.98. The van der Waals surface area contributed by atoms with Crippen LogP contribution in [0.4, 0.5) is 27.1 Å². The van der Waals surface area contributed by atoms with Crippen LogP contribution in [-0.4, -0.2) is 37.8 Å². The molecule has 198 valence electrons. The van der Waals surface area contributed by atoms with Crippen molar-refractivity contribution in [2.45, 2.75) is 33.7 Å². The zero-order valence-electron chi connectivity index (χ0n) is 23.1. The van der Waals surface area contributed by atoms with Gasteiger partial charge in [0.15, 0.2) is 0 Å². The molecule has 5 rings (SSSR count). The van der Waals surface area contributed by atoms with Crippen LogP contribution in [0.1, 0.15) is 31.1 Å². The van der Waals surface area contributed by atoms with E-state index in [9.17, 15) is 0 Å². The highest BCUT2D eigenvalue weighted by molar-refractivity contribution is 5.94. The van der Waals surface area contributed by atoms with E-state index in [1.54, 1.807) is 12.1 Å². The maximum atomic E-state index is 15.3. The SMILES string of the molecule is CNc1c(-c2cc(F)cc(N3CCN(c4ccc(N)cc4)CC3)c2)c(-c2ccc(C)cc2)n(C(C)C)c1C. The van der Waals surface area contributed by atoms with E-state index in [0.29, 0.717) is 0 Å². The summed E-state index contributed by atoms with van der Waals surface area (Å²) < 4.78 is 17.6. The van der Waals surface area contributed by atoms with Gasteiger partial charge < -0.3 is 25.4 Å². The largest absolute Gasteiger partial charge is 0.399 e. The molecule has 3 N–H and O–H groups in total. The van der Waals surface area contributed by atoms with Crippen molar-refractivity contribution >= 4 is 22.7 Å². The van der Waals surface area contributed by atoms with Crippen LogP contribution in [0.2, 0.25) is 0 Å². The highest BCUT2D eigenvalue weighted by Crippen LogP contribution is 2.45. The molecule has 6 heteroatoms. The second kappa shape index (κ2) is 10.4. The molecule has 38 heavy (non-hydrogen) atoms. The van der Waals surface area contributed by atoms with Gasteiger partial charge in [-0.2, -0.15) is 0 Å². The van der Waals surface area contributed by atoms with E-state index in [2.05, 4.69) is 89.8 Å². The summed E-state index contributed by atoms with van der Waals surface area (Å²) in [6.45, 7) is 12.0. The zero-order chi connectivity index (χ0) is 27.0. The number of aryl methyl sites for hydroxylation is 1. The zero-order valence-corrected chi connectivity index (χ0v) is 23.1. The van der Waals surface area contributed by atoms with E-state index < -0.39 is 0 Å². The summed E-state index contributed by atoms with van der Waals surface area (Å²) in [4.78, 5) is 4.65. The molecule has 0 amide bonds. The van der Waals surface area contributed by atoms with E-state index in [1.807, 2.05) is 19.2 Å². The fourth-order valence-electron chi connectivity index (χ4n) is 5.74. The van der Waals surface area contributed by atoms with Gasteiger partial charge >= 0.3 is 0 Å². The van der Waals surface area contributed by atoms with Crippen molar-refractivity contribution in [3.63, 3.8) is 0 Å². The summed E-state index contributed by atoms with van der Waals surface area (Å²) >= 11 is 0. The predicted octanol–water partition coefficient (Wildman–Crippen LogP) is 7.11. The smallest absolute Gasteiger partial charge is 0.125 e. The van der Waals surface area contributed by atoms with Crippen LogP contribution in [0.15, 0.2) is 66.7 Å². The van der Waals surface area contributed by atoms with Crippen LogP contribution in [0, 0.1) is 19.7 Å². The molecule has 4 aromatic rings. The second-order valence-corrected chi connectivity index (χ2v) is 10.5. The number of halogens is 1. The fourth-order valence-corrected chi connectivity index (χ4v) is 5.74. The topological polar surface area (TPSA) is 49.5 Å². The van der Waals surface area contributed by atoms with Crippen LogP contribution in [-0.2, 0) is 0 Å². The monoisotopic (exact) mass is 511 g/mol. The van der Waals surface area contributed by atoms with Gasteiger partial charge in [0.2, 0.25) is 0 Å². The molecule has 0 saturated carbocycles. The van der Waals surface area contributed by atoms with Crippen molar-refractivity contribution in [1.29, 1.82) is 0 Å². The first-order chi connectivity index (χ1) is 18.3. The maximum Gasteiger partial charge on any atom is 0.125 e. The van der Waals surface area contributed by atoms with Crippen molar-refractivity contribution in [1.82, 2.24) is 4.57 Å². The molecule has 0 spiro atoms. The van der Waals surface area contributed by atoms with Gasteiger partial charge in [0.05, 0.1) is 11.4 Å². The Morgan fingerprint density at radius 2 is 1.39 bits per heavy atom. The quantitative estimate of drug-likeness (QED) is 0.271. The number of nitrogen functional groups attached to an aromatic ring is 1. The minimum atomic E-state index is -0.217. The molecule has 0 radical (unpaired) electrons. The number of benzene rings is 3. The molecular formula is C32H38FN5. The molecule has 1 fully saturated rings. The molecule has 1 aliphatic heterocycles. The highest BCUT2D eigenvalue weighted by Gasteiger charge is 2.25. The third-order valence-electron chi connectivity index (χ3n) is 7.62. The average molecular weight is 512 g/mol. The van der Waals surface area contributed by atoms with Crippen molar-refractivity contribution in [3.05, 3.63) is 83.8 Å². The predicted molar refractivity (Wildman–Crippen MR) is 160 cm³/mol. The first-order valence-electron chi connectivity index (χ1n) is 13.4. The van der Waals surface area contributed by atoms with Gasteiger partial charge in [0.1, 0.15) is 5.82 Å². The molecule has 1 aromatic heterocycles. The van der Waals surface area contributed by atoms with Crippen molar-refractivity contribution in [3.8, 4) is 22.4 Å². The summed E-state index contributed by atoms with van der Waals surface area (Å²) in [6, 6.07) is 22.4. The minimum Gasteiger partial charge on any atom is -0.399 e. The molecule has 1 aliphatic rings. The van der Waals surface area contributed by atoms with Crippen LogP contribution in [0.5, 0.6) is 0 Å². The van der Waals surface area contributed by atoms with Gasteiger partial charge in [-0.25, -0.2) is 4.39 Å². The Kier molecular flexibility index (Phi) is 7.06. The van der Waals surface area contributed by atoms with E-state index in [1.165, 1.54) is 11.3 Å². The summed E-state index contributed by atoms with van der Waals surface area (Å²) in [5.74, 6) is -0.217. The standard InChI is InChI=1S/C32H38FN5/c1-21(2)38-23(4)31(35-5)30(32(38)24-8-6-22(3)7-9-24)25-18-26(33)20-29(19-25)37-16-14-36(15-17-37)28-12-10-27(34)11-13-28/h6-13,18-21,35H,14-17,34H2,1-5H3. The number of nitrogens with one attached hydrogen (secondary N) is 1. The number of aromatic nitrogens is 1. The Morgan fingerprint density at radius 1 is 0.789 bits per heavy atom.